The smallest absolute Gasteiger partial charge is 0.226 e. The van der Waals surface area contributed by atoms with E-state index in [9.17, 15) is 10.2 Å². The van der Waals surface area contributed by atoms with E-state index < -0.39 is 18.2 Å². The SMILES string of the molecule is Cc1cnn([C@H]2C[C@@H](n3cnc4c(NCC(c5ccccc5)c5ccccc5)nc(Cl)nc43)[C@H](O)[C@@H]2O)c1. The van der Waals surface area contributed by atoms with Crippen molar-refractivity contribution in [3.63, 3.8) is 0 Å². The molecule has 0 saturated heterocycles. The molecule has 3 N–H and O–H groups in total. The highest BCUT2D eigenvalue weighted by Crippen LogP contribution is 2.40. The molecule has 0 amide bonds. The van der Waals surface area contributed by atoms with E-state index in [1.54, 1.807) is 21.8 Å². The second-order valence-electron chi connectivity index (χ2n) is 9.77. The Kier molecular flexibility index (Phi) is 6.57. The van der Waals surface area contributed by atoms with Crippen molar-refractivity contribution in [3.05, 3.63) is 101 Å². The molecule has 194 valence electrons. The third kappa shape index (κ3) is 4.53. The molecule has 38 heavy (non-hydrogen) atoms. The van der Waals surface area contributed by atoms with E-state index in [0.29, 0.717) is 29.9 Å². The minimum Gasteiger partial charge on any atom is -0.388 e. The molecule has 1 aliphatic carbocycles. The third-order valence-electron chi connectivity index (χ3n) is 7.32. The number of hydrogen-bond donors (Lipinski definition) is 3. The number of aliphatic hydroxyl groups is 2. The molecule has 5 aromatic rings. The van der Waals surface area contributed by atoms with E-state index in [1.807, 2.05) is 49.5 Å². The van der Waals surface area contributed by atoms with Gasteiger partial charge >= 0.3 is 0 Å². The minimum atomic E-state index is -1.02. The first kappa shape index (κ1) is 24.5. The number of fused-ring (bicyclic) bond motifs is 1. The van der Waals surface area contributed by atoms with Crippen molar-refractivity contribution in [1.82, 2.24) is 29.3 Å². The van der Waals surface area contributed by atoms with Crippen molar-refractivity contribution in [2.45, 2.75) is 43.6 Å². The van der Waals surface area contributed by atoms with Gasteiger partial charge in [0.15, 0.2) is 17.0 Å². The van der Waals surface area contributed by atoms with Crippen LogP contribution >= 0.6 is 11.6 Å². The predicted octanol–water partition coefficient (Wildman–Crippen LogP) is 4.14. The summed E-state index contributed by atoms with van der Waals surface area (Å²) in [7, 11) is 0. The van der Waals surface area contributed by atoms with Crippen LogP contribution in [0.2, 0.25) is 5.28 Å². The van der Waals surface area contributed by atoms with E-state index in [-0.39, 0.29) is 17.2 Å². The summed E-state index contributed by atoms with van der Waals surface area (Å²) < 4.78 is 3.49. The number of benzene rings is 2. The summed E-state index contributed by atoms with van der Waals surface area (Å²) in [5.41, 5.74) is 4.39. The van der Waals surface area contributed by atoms with E-state index in [2.05, 4.69) is 49.6 Å². The number of imidazole rings is 1. The molecule has 0 unspecified atom stereocenters. The first-order valence-electron chi connectivity index (χ1n) is 12.6. The minimum absolute atomic E-state index is 0.0741. The number of hydrogen-bond acceptors (Lipinski definition) is 7. The zero-order chi connectivity index (χ0) is 26.2. The van der Waals surface area contributed by atoms with Crippen molar-refractivity contribution in [2.75, 3.05) is 11.9 Å². The molecule has 0 bridgehead atoms. The van der Waals surface area contributed by atoms with Gasteiger partial charge in [-0.05, 0) is 41.6 Å². The zero-order valence-corrected chi connectivity index (χ0v) is 21.5. The fraction of sp³-hybridized carbons (Fsp3) is 0.286. The Labute approximate surface area is 224 Å². The standard InChI is InChI=1S/C28H28ClN7O2/c1-17-13-32-36(15-17)22-12-21(24(37)25(22)38)35-16-31-23-26(33-28(29)34-27(23)35)30-14-20(18-8-4-2-5-9-18)19-10-6-3-7-11-19/h2-11,13,15-16,20-22,24-25,37-38H,12,14H2,1H3,(H,30,33,34)/t21-,22+,24+,25-/m1/s1. The molecule has 3 aromatic heterocycles. The van der Waals surface area contributed by atoms with Gasteiger partial charge in [-0.15, -0.1) is 0 Å². The molecule has 1 saturated carbocycles. The normalized spacial score (nSPS) is 21.4. The van der Waals surface area contributed by atoms with Crippen LogP contribution in [-0.4, -0.2) is 58.3 Å². The van der Waals surface area contributed by atoms with E-state index in [0.717, 1.165) is 5.56 Å². The van der Waals surface area contributed by atoms with E-state index >= 15 is 0 Å². The monoisotopic (exact) mass is 529 g/mol. The lowest BCUT2D eigenvalue weighted by Gasteiger charge is -2.20. The van der Waals surface area contributed by atoms with Crippen LogP contribution in [0.5, 0.6) is 0 Å². The van der Waals surface area contributed by atoms with Gasteiger partial charge < -0.3 is 20.1 Å². The zero-order valence-electron chi connectivity index (χ0n) is 20.8. The van der Waals surface area contributed by atoms with Crippen LogP contribution in [0.25, 0.3) is 11.2 Å². The first-order valence-corrected chi connectivity index (χ1v) is 13.0. The quantitative estimate of drug-likeness (QED) is 0.271. The van der Waals surface area contributed by atoms with Gasteiger partial charge in [-0.3, -0.25) is 4.68 Å². The van der Waals surface area contributed by atoms with Crippen LogP contribution in [0.15, 0.2) is 79.4 Å². The van der Waals surface area contributed by atoms with Crippen molar-refractivity contribution < 1.29 is 10.2 Å². The number of rotatable bonds is 7. The Balaban J connectivity index is 1.30. The Morgan fingerprint density at radius 2 is 1.63 bits per heavy atom. The number of aromatic nitrogens is 6. The lowest BCUT2D eigenvalue weighted by Crippen LogP contribution is -2.30. The molecule has 0 spiro atoms. The van der Waals surface area contributed by atoms with Gasteiger partial charge in [-0.1, -0.05) is 60.7 Å². The lowest BCUT2D eigenvalue weighted by atomic mass is 9.91. The second-order valence-corrected chi connectivity index (χ2v) is 10.1. The van der Waals surface area contributed by atoms with Crippen LogP contribution in [0.3, 0.4) is 0 Å². The average Bonchev–Trinajstić information content (AvgIpc) is 3.63. The first-order chi connectivity index (χ1) is 18.5. The highest BCUT2D eigenvalue weighted by molar-refractivity contribution is 6.28. The van der Waals surface area contributed by atoms with Gasteiger partial charge in [0.2, 0.25) is 5.28 Å². The molecule has 3 heterocycles. The van der Waals surface area contributed by atoms with Crippen LogP contribution in [0.1, 0.15) is 41.1 Å². The lowest BCUT2D eigenvalue weighted by molar-refractivity contribution is 0.00722. The topological polar surface area (TPSA) is 114 Å². The van der Waals surface area contributed by atoms with Crippen LogP contribution in [-0.2, 0) is 0 Å². The van der Waals surface area contributed by atoms with Gasteiger partial charge in [0.05, 0.1) is 24.6 Å². The largest absolute Gasteiger partial charge is 0.388 e. The van der Waals surface area contributed by atoms with Gasteiger partial charge in [0, 0.05) is 18.7 Å². The molecule has 0 radical (unpaired) electrons. The van der Waals surface area contributed by atoms with Crippen molar-refractivity contribution in [3.8, 4) is 0 Å². The summed E-state index contributed by atoms with van der Waals surface area (Å²) in [6.45, 7) is 2.50. The maximum absolute atomic E-state index is 11.0. The molecular weight excluding hydrogens is 502 g/mol. The molecule has 10 heteroatoms. The average molecular weight is 530 g/mol. The van der Waals surface area contributed by atoms with Gasteiger partial charge in [0.1, 0.15) is 12.2 Å². The highest BCUT2D eigenvalue weighted by Gasteiger charge is 2.44. The van der Waals surface area contributed by atoms with Gasteiger partial charge in [-0.25, -0.2) is 4.98 Å². The fourth-order valence-electron chi connectivity index (χ4n) is 5.39. The van der Waals surface area contributed by atoms with Gasteiger partial charge in [0.25, 0.3) is 0 Å². The fourth-order valence-corrected chi connectivity index (χ4v) is 5.56. The third-order valence-corrected chi connectivity index (χ3v) is 7.49. The number of aryl methyl sites for hydroxylation is 1. The Bertz CT molecular complexity index is 1500. The summed E-state index contributed by atoms with van der Waals surface area (Å²) in [4.78, 5) is 13.5. The Morgan fingerprint density at radius 3 is 2.26 bits per heavy atom. The molecule has 4 atom stereocenters. The number of anilines is 1. The maximum Gasteiger partial charge on any atom is 0.226 e. The molecule has 2 aromatic carbocycles. The van der Waals surface area contributed by atoms with Crippen molar-refractivity contribution in [1.29, 1.82) is 0 Å². The number of nitrogens with one attached hydrogen (secondary N) is 1. The molecule has 1 aliphatic rings. The summed E-state index contributed by atoms with van der Waals surface area (Å²) in [5, 5.41) is 29.6. The second kappa shape index (κ2) is 10.2. The number of nitrogens with zero attached hydrogens (tertiary/aromatic N) is 6. The summed E-state index contributed by atoms with van der Waals surface area (Å²) in [6, 6.07) is 19.8. The molecule has 6 rings (SSSR count). The molecular formula is C28H28ClN7O2. The summed E-state index contributed by atoms with van der Waals surface area (Å²) >= 11 is 6.37. The molecule has 0 aliphatic heterocycles. The van der Waals surface area contributed by atoms with Crippen LogP contribution in [0.4, 0.5) is 5.82 Å². The molecule has 1 fully saturated rings. The Morgan fingerprint density at radius 1 is 0.974 bits per heavy atom. The number of aliphatic hydroxyl groups excluding tert-OH is 2. The van der Waals surface area contributed by atoms with E-state index in [4.69, 9.17) is 11.6 Å². The predicted molar refractivity (Wildman–Crippen MR) is 145 cm³/mol. The number of halogens is 1. The van der Waals surface area contributed by atoms with Gasteiger partial charge in [-0.2, -0.15) is 15.1 Å². The summed E-state index contributed by atoms with van der Waals surface area (Å²) in [6.07, 6.45) is 3.69. The highest BCUT2D eigenvalue weighted by atomic mass is 35.5. The van der Waals surface area contributed by atoms with Crippen LogP contribution in [0, 0.1) is 6.92 Å². The molecule has 9 nitrogen and oxygen atoms in total. The maximum atomic E-state index is 11.0. The van der Waals surface area contributed by atoms with E-state index in [1.165, 1.54) is 11.1 Å². The van der Waals surface area contributed by atoms with Crippen molar-refractivity contribution in [2.24, 2.45) is 0 Å². The van der Waals surface area contributed by atoms with Crippen LogP contribution < -0.4 is 5.32 Å². The Hall–Kier alpha value is -3.79. The summed E-state index contributed by atoms with van der Waals surface area (Å²) in [5.74, 6) is 0.594. The van der Waals surface area contributed by atoms with Crippen molar-refractivity contribution >= 4 is 28.6 Å².